The van der Waals surface area contributed by atoms with Crippen LogP contribution in [0.3, 0.4) is 0 Å². The zero-order chi connectivity index (χ0) is 12.1. The summed E-state index contributed by atoms with van der Waals surface area (Å²) in [6, 6.07) is 3.85. The molecule has 0 saturated heterocycles. The predicted octanol–water partition coefficient (Wildman–Crippen LogP) is 2.54. The van der Waals surface area contributed by atoms with Gasteiger partial charge in [-0.3, -0.25) is 9.78 Å². The second-order valence-electron chi connectivity index (χ2n) is 4.06. The maximum atomic E-state index is 11.9. The van der Waals surface area contributed by atoms with Crippen molar-refractivity contribution in [1.82, 2.24) is 10.3 Å². The summed E-state index contributed by atoms with van der Waals surface area (Å²) in [7, 11) is 0. The lowest BCUT2D eigenvalue weighted by molar-refractivity contribution is 0.0925. The number of aromatic nitrogens is 1. The maximum absolute atomic E-state index is 11.9. The Labute approximate surface area is 105 Å². The summed E-state index contributed by atoms with van der Waals surface area (Å²) in [5.74, 6) is 0.298. The average molecular weight is 285 g/mol. The van der Waals surface area contributed by atoms with E-state index in [1.54, 1.807) is 6.20 Å². The Bertz CT molecular complexity index is 368. The van der Waals surface area contributed by atoms with Crippen LogP contribution < -0.4 is 5.32 Å². The Morgan fingerprint density at radius 1 is 1.56 bits per heavy atom. The number of pyridine rings is 1. The number of hydrogen-bond acceptors (Lipinski definition) is 2. The largest absolute Gasteiger partial charge is 0.348 e. The van der Waals surface area contributed by atoms with Crippen molar-refractivity contribution in [2.24, 2.45) is 5.92 Å². The van der Waals surface area contributed by atoms with Crippen LogP contribution in [0.5, 0.6) is 0 Å². The fraction of sp³-hybridized carbons (Fsp3) is 0.500. The molecule has 1 aromatic heterocycles. The number of nitrogens with one attached hydrogen (secondary N) is 1. The van der Waals surface area contributed by atoms with Crippen LogP contribution in [0.1, 0.15) is 29.9 Å². The fourth-order valence-electron chi connectivity index (χ4n) is 1.27. The van der Waals surface area contributed by atoms with Crippen LogP contribution in [-0.4, -0.2) is 22.3 Å². The molecular formula is C12H17BrN2O. The molecule has 0 spiro atoms. The van der Waals surface area contributed by atoms with E-state index in [0.29, 0.717) is 11.6 Å². The van der Waals surface area contributed by atoms with Crippen molar-refractivity contribution in [3.05, 3.63) is 29.6 Å². The van der Waals surface area contributed by atoms with Crippen molar-refractivity contribution < 1.29 is 4.79 Å². The van der Waals surface area contributed by atoms with Crippen LogP contribution in [0, 0.1) is 12.8 Å². The van der Waals surface area contributed by atoms with Crippen LogP contribution in [0.25, 0.3) is 0 Å². The Morgan fingerprint density at radius 2 is 2.25 bits per heavy atom. The number of aryl methyl sites for hydroxylation is 1. The van der Waals surface area contributed by atoms with Crippen LogP contribution >= 0.6 is 15.9 Å². The molecule has 1 heterocycles. The van der Waals surface area contributed by atoms with Gasteiger partial charge in [0.25, 0.3) is 5.91 Å². The standard InChI is InChI=1S/C12H17BrN2O/c1-8-5-4-6-14-11(8)12(16)15-10(3)9(2)7-13/h4-6,9-10H,7H2,1-3H3,(H,15,16). The lowest BCUT2D eigenvalue weighted by Crippen LogP contribution is -2.38. The molecule has 16 heavy (non-hydrogen) atoms. The van der Waals surface area contributed by atoms with Crippen LogP contribution in [0.2, 0.25) is 0 Å². The Hall–Kier alpha value is -0.900. The monoisotopic (exact) mass is 284 g/mol. The maximum Gasteiger partial charge on any atom is 0.270 e. The Kier molecular flexibility index (Phi) is 4.93. The van der Waals surface area contributed by atoms with E-state index in [2.05, 4.69) is 33.2 Å². The molecule has 0 radical (unpaired) electrons. The van der Waals surface area contributed by atoms with Crippen LogP contribution in [-0.2, 0) is 0 Å². The molecule has 1 amide bonds. The summed E-state index contributed by atoms with van der Waals surface area (Å²) in [4.78, 5) is 16.0. The smallest absolute Gasteiger partial charge is 0.270 e. The molecule has 0 aromatic carbocycles. The van der Waals surface area contributed by atoms with Gasteiger partial charge in [-0.1, -0.05) is 28.9 Å². The zero-order valence-corrected chi connectivity index (χ0v) is 11.4. The van der Waals surface area contributed by atoms with E-state index >= 15 is 0 Å². The number of nitrogens with zero attached hydrogens (tertiary/aromatic N) is 1. The molecule has 2 atom stereocenters. The van der Waals surface area contributed by atoms with Gasteiger partial charge >= 0.3 is 0 Å². The zero-order valence-electron chi connectivity index (χ0n) is 9.83. The molecule has 88 valence electrons. The van der Waals surface area contributed by atoms with Crippen molar-refractivity contribution in [3.8, 4) is 0 Å². The summed E-state index contributed by atoms with van der Waals surface area (Å²) in [5.41, 5.74) is 1.41. The van der Waals surface area contributed by atoms with Crippen LogP contribution in [0.15, 0.2) is 18.3 Å². The second-order valence-corrected chi connectivity index (χ2v) is 4.71. The van der Waals surface area contributed by atoms with Crippen molar-refractivity contribution in [3.63, 3.8) is 0 Å². The van der Waals surface area contributed by atoms with Gasteiger partial charge in [0.15, 0.2) is 0 Å². The molecule has 0 aliphatic carbocycles. The molecule has 0 fully saturated rings. The van der Waals surface area contributed by atoms with Gasteiger partial charge in [0.2, 0.25) is 0 Å². The molecule has 0 bridgehead atoms. The van der Waals surface area contributed by atoms with Gasteiger partial charge in [-0.2, -0.15) is 0 Å². The summed E-state index contributed by atoms with van der Waals surface area (Å²) in [5, 5.41) is 3.83. The van der Waals surface area contributed by atoms with E-state index < -0.39 is 0 Å². The number of carbonyl (C=O) groups is 1. The minimum absolute atomic E-state index is 0.0987. The average Bonchev–Trinajstić information content (AvgIpc) is 2.28. The molecule has 1 rings (SSSR count). The number of alkyl halides is 1. The van der Waals surface area contributed by atoms with E-state index in [1.165, 1.54) is 0 Å². The van der Waals surface area contributed by atoms with Crippen molar-refractivity contribution in [1.29, 1.82) is 0 Å². The molecule has 0 saturated carbocycles. The number of carbonyl (C=O) groups excluding carboxylic acids is 1. The van der Waals surface area contributed by atoms with Gasteiger partial charge in [-0.25, -0.2) is 0 Å². The normalized spacial score (nSPS) is 14.2. The third-order valence-electron chi connectivity index (χ3n) is 2.68. The molecule has 1 aromatic rings. The minimum Gasteiger partial charge on any atom is -0.348 e. The lowest BCUT2D eigenvalue weighted by Gasteiger charge is -2.19. The van der Waals surface area contributed by atoms with E-state index in [1.807, 2.05) is 26.0 Å². The molecule has 2 unspecified atom stereocenters. The van der Waals surface area contributed by atoms with Gasteiger partial charge in [0, 0.05) is 17.6 Å². The van der Waals surface area contributed by atoms with Crippen molar-refractivity contribution in [2.75, 3.05) is 5.33 Å². The highest BCUT2D eigenvalue weighted by Gasteiger charge is 2.16. The SMILES string of the molecule is Cc1cccnc1C(=O)NC(C)C(C)CBr. The highest BCUT2D eigenvalue weighted by Crippen LogP contribution is 2.08. The number of amides is 1. The summed E-state index contributed by atoms with van der Waals surface area (Å²) < 4.78 is 0. The summed E-state index contributed by atoms with van der Waals surface area (Å²) >= 11 is 3.41. The number of rotatable bonds is 4. The van der Waals surface area contributed by atoms with Crippen molar-refractivity contribution >= 4 is 21.8 Å². The summed E-state index contributed by atoms with van der Waals surface area (Å²) in [6.45, 7) is 5.98. The van der Waals surface area contributed by atoms with Gasteiger partial charge in [0.05, 0.1) is 0 Å². The van der Waals surface area contributed by atoms with E-state index in [-0.39, 0.29) is 11.9 Å². The molecule has 1 N–H and O–H groups in total. The number of hydrogen-bond donors (Lipinski definition) is 1. The van der Waals surface area contributed by atoms with Crippen LogP contribution in [0.4, 0.5) is 0 Å². The van der Waals surface area contributed by atoms with E-state index in [9.17, 15) is 4.79 Å². The van der Waals surface area contributed by atoms with Gasteiger partial charge in [-0.15, -0.1) is 0 Å². The van der Waals surface area contributed by atoms with Gasteiger partial charge < -0.3 is 5.32 Å². The topological polar surface area (TPSA) is 42.0 Å². The molecule has 0 aliphatic heterocycles. The Balaban J connectivity index is 2.70. The first-order valence-electron chi connectivity index (χ1n) is 5.34. The first-order valence-corrected chi connectivity index (χ1v) is 6.46. The second kappa shape index (κ2) is 5.99. The predicted molar refractivity (Wildman–Crippen MR) is 68.9 cm³/mol. The first-order chi connectivity index (χ1) is 7.56. The fourth-order valence-corrected chi connectivity index (χ4v) is 1.84. The minimum atomic E-state index is -0.0987. The van der Waals surface area contributed by atoms with Crippen molar-refractivity contribution in [2.45, 2.75) is 26.8 Å². The first kappa shape index (κ1) is 13.2. The third-order valence-corrected chi connectivity index (χ3v) is 3.70. The highest BCUT2D eigenvalue weighted by molar-refractivity contribution is 9.09. The van der Waals surface area contributed by atoms with E-state index in [4.69, 9.17) is 0 Å². The quantitative estimate of drug-likeness (QED) is 0.864. The Morgan fingerprint density at radius 3 is 2.81 bits per heavy atom. The molecule has 4 heteroatoms. The van der Waals surface area contributed by atoms with Gasteiger partial charge in [-0.05, 0) is 31.4 Å². The summed E-state index contributed by atoms with van der Waals surface area (Å²) in [6.07, 6.45) is 1.64. The molecular weight excluding hydrogens is 268 g/mol. The third kappa shape index (κ3) is 3.30. The lowest BCUT2D eigenvalue weighted by atomic mass is 10.1. The van der Waals surface area contributed by atoms with E-state index in [0.717, 1.165) is 10.9 Å². The molecule has 3 nitrogen and oxygen atoms in total. The van der Waals surface area contributed by atoms with Gasteiger partial charge in [0.1, 0.15) is 5.69 Å². The number of halogens is 1. The highest BCUT2D eigenvalue weighted by atomic mass is 79.9. The molecule has 0 aliphatic rings.